The van der Waals surface area contributed by atoms with E-state index in [0.29, 0.717) is 52.1 Å². The van der Waals surface area contributed by atoms with Crippen LogP contribution in [0.15, 0.2) is 91.0 Å². The summed E-state index contributed by atoms with van der Waals surface area (Å²) in [6.45, 7) is 8.44. The van der Waals surface area contributed by atoms with Gasteiger partial charge in [-0.2, -0.15) is 0 Å². The average Bonchev–Trinajstić information content (AvgIpc) is 3.19. The molecule has 0 aliphatic carbocycles. The van der Waals surface area contributed by atoms with Crippen LogP contribution in [0, 0.1) is 11.2 Å². The third-order valence-corrected chi connectivity index (χ3v) is 8.50. The Labute approximate surface area is 311 Å². The molecule has 51 heavy (non-hydrogen) atoms. The summed E-state index contributed by atoms with van der Waals surface area (Å²) in [4.78, 5) is 29.3. The van der Waals surface area contributed by atoms with E-state index < -0.39 is 23.9 Å². The van der Waals surface area contributed by atoms with Crippen molar-refractivity contribution in [3.05, 3.63) is 124 Å². The van der Waals surface area contributed by atoms with Crippen LogP contribution in [-0.4, -0.2) is 44.7 Å². The standard InChI is InChI=1S/C40H45ClFN3O5.ClH/c1-40(2,3)26-45-33-19-18-29(41)22-31(33)37(50-35(39(45)47)23-36(46)44-25-28-14-8-9-16-32(28)42)30-15-10-17-34(38(30)48-4)49-21-11-20-43-24-27-12-6-5-7-13-27;/h5-10,12-19,22,35,37,43H,11,20-21,23-26H2,1-4H3,(H,44,46);1H/t35-,37-;/m0./s1. The summed E-state index contributed by atoms with van der Waals surface area (Å²) in [6, 6.07) is 27.3. The molecule has 1 aliphatic heterocycles. The molecule has 0 fully saturated rings. The van der Waals surface area contributed by atoms with Gasteiger partial charge in [0.15, 0.2) is 11.5 Å². The van der Waals surface area contributed by atoms with E-state index >= 15 is 0 Å². The van der Waals surface area contributed by atoms with E-state index in [2.05, 4.69) is 22.8 Å². The molecule has 2 atom stereocenters. The van der Waals surface area contributed by atoms with Crippen molar-refractivity contribution >= 4 is 41.5 Å². The van der Waals surface area contributed by atoms with Gasteiger partial charge in [-0.25, -0.2) is 4.39 Å². The van der Waals surface area contributed by atoms with Crippen LogP contribution in [0.3, 0.4) is 0 Å². The van der Waals surface area contributed by atoms with Crippen LogP contribution < -0.4 is 25.0 Å². The van der Waals surface area contributed by atoms with Gasteiger partial charge in [-0.15, -0.1) is 12.4 Å². The fraction of sp³-hybridized carbons (Fsp3) is 0.350. The first-order valence-electron chi connectivity index (χ1n) is 16.8. The Morgan fingerprint density at radius 2 is 1.71 bits per heavy atom. The van der Waals surface area contributed by atoms with Gasteiger partial charge in [0.1, 0.15) is 18.0 Å². The third-order valence-electron chi connectivity index (χ3n) is 8.27. The number of ether oxygens (including phenoxy) is 3. The molecule has 0 bridgehead atoms. The largest absolute Gasteiger partial charge is 0.492 e. The van der Waals surface area contributed by atoms with Crippen molar-refractivity contribution in [2.75, 3.05) is 31.7 Å². The van der Waals surface area contributed by atoms with Gasteiger partial charge in [-0.05, 0) is 54.3 Å². The lowest BCUT2D eigenvalue weighted by atomic mass is 9.94. The molecular weight excluding hydrogens is 692 g/mol. The summed E-state index contributed by atoms with van der Waals surface area (Å²) < 4.78 is 33.1. The maximum absolute atomic E-state index is 14.3. The first-order chi connectivity index (χ1) is 24.0. The Bertz CT molecular complexity index is 1770. The van der Waals surface area contributed by atoms with Gasteiger partial charge in [0.05, 0.1) is 20.1 Å². The SMILES string of the molecule is COc1c(OCCCNCc2ccccc2)cccc1[C@@H]1O[C@@H](CC(=O)NCc2ccccc2F)C(=O)N(CC(C)(C)C)c2ccc(Cl)cc21.Cl. The van der Waals surface area contributed by atoms with Crippen molar-refractivity contribution in [2.45, 2.75) is 58.9 Å². The molecule has 0 unspecified atom stereocenters. The number of hydrogen-bond acceptors (Lipinski definition) is 6. The summed E-state index contributed by atoms with van der Waals surface area (Å²) >= 11 is 6.57. The highest BCUT2D eigenvalue weighted by Gasteiger charge is 2.40. The predicted octanol–water partition coefficient (Wildman–Crippen LogP) is 8.04. The number of carbonyl (C=O) groups is 2. The van der Waals surface area contributed by atoms with Crippen molar-refractivity contribution in [2.24, 2.45) is 5.41 Å². The normalized spacial score (nSPS) is 15.7. The summed E-state index contributed by atoms with van der Waals surface area (Å²) in [5.74, 6) is -0.242. The van der Waals surface area contributed by atoms with Crippen molar-refractivity contribution < 1.29 is 28.2 Å². The Morgan fingerprint density at radius 1 is 0.961 bits per heavy atom. The lowest BCUT2D eigenvalue weighted by Gasteiger charge is -2.31. The Hall–Kier alpha value is -4.15. The number of fused-ring (bicyclic) bond motifs is 1. The van der Waals surface area contributed by atoms with Crippen molar-refractivity contribution in [1.29, 1.82) is 0 Å². The zero-order valence-electron chi connectivity index (χ0n) is 29.4. The highest BCUT2D eigenvalue weighted by atomic mass is 35.5. The minimum atomic E-state index is -1.17. The lowest BCUT2D eigenvalue weighted by molar-refractivity contribution is -0.138. The number of anilines is 1. The summed E-state index contributed by atoms with van der Waals surface area (Å²) in [5, 5.41) is 6.66. The predicted molar refractivity (Wildman–Crippen MR) is 201 cm³/mol. The zero-order chi connectivity index (χ0) is 35.7. The lowest BCUT2D eigenvalue weighted by Crippen LogP contribution is -2.45. The quantitative estimate of drug-likeness (QED) is 0.127. The molecule has 8 nitrogen and oxygen atoms in total. The van der Waals surface area contributed by atoms with E-state index in [1.165, 1.54) is 11.6 Å². The molecule has 0 saturated carbocycles. The smallest absolute Gasteiger partial charge is 0.256 e. The third kappa shape index (κ3) is 10.7. The fourth-order valence-electron chi connectivity index (χ4n) is 5.94. The summed E-state index contributed by atoms with van der Waals surface area (Å²) in [6.07, 6.45) is -1.52. The second-order valence-electron chi connectivity index (χ2n) is 13.5. The van der Waals surface area contributed by atoms with Gasteiger partial charge in [-0.1, -0.05) is 93.0 Å². The van der Waals surface area contributed by atoms with Gasteiger partial charge >= 0.3 is 0 Å². The van der Waals surface area contributed by atoms with Crippen LogP contribution in [0.2, 0.25) is 5.02 Å². The topological polar surface area (TPSA) is 89.1 Å². The molecular formula is C40H46Cl2FN3O5. The van der Waals surface area contributed by atoms with Gasteiger partial charge in [0.2, 0.25) is 5.91 Å². The van der Waals surface area contributed by atoms with Crippen LogP contribution in [0.25, 0.3) is 0 Å². The van der Waals surface area contributed by atoms with Crippen molar-refractivity contribution in [3.8, 4) is 11.5 Å². The molecule has 4 aromatic rings. The first kappa shape index (κ1) is 39.6. The minimum absolute atomic E-state index is 0. The van der Waals surface area contributed by atoms with Crippen LogP contribution in [0.4, 0.5) is 10.1 Å². The number of rotatable bonds is 14. The monoisotopic (exact) mass is 737 g/mol. The Kier molecular flexibility index (Phi) is 14.3. The van der Waals surface area contributed by atoms with Gasteiger partial charge in [0, 0.05) is 47.0 Å². The maximum Gasteiger partial charge on any atom is 0.256 e. The number of carbonyl (C=O) groups excluding carboxylic acids is 2. The molecule has 0 saturated heterocycles. The second kappa shape index (κ2) is 18.4. The van der Waals surface area contributed by atoms with Gasteiger partial charge in [-0.3, -0.25) is 9.59 Å². The van der Waals surface area contributed by atoms with E-state index in [1.807, 2.05) is 63.2 Å². The summed E-state index contributed by atoms with van der Waals surface area (Å²) in [7, 11) is 1.56. The van der Waals surface area contributed by atoms with E-state index in [1.54, 1.807) is 42.3 Å². The summed E-state index contributed by atoms with van der Waals surface area (Å²) in [5.41, 5.74) is 3.18. The number of nitrogens with zero attached hydrogens (tertiary/aromatic N) is 1. The zero-order valence-corrected chi connectivity index (χ0v) is 31.0. The second-order valence-corrected chi connectivity index (χ2v) is 13.9. The molecule has 0 radical (unpaired) electrons. The number of methoxy groups -OCH3 is 1. The van der Waals surface area contributed by atoms with E-state index in [0.717, 1.165) is 19.5 Å². The van der Waals surface area contributed by atoms with Gasteiger partial charge < -0.3 is 29.7 Å². The number of benzene rings is 4. The fourth-order valence-corrected chi connectivity index (χ4v) is 6.12. The number of halogens is 3. The number of hydrogen-bond donors (Lipinski definition) is 2. The van der Waals surface area contributed by atoms with E-state index in [4.69, 9.17) is 25.8 Å². The molecule has 5 rings (SSSR count). The molecule has 4 aromatic carbocycles. The molecule has 1 aliphatic rings. The maximum atomic E-state index is 14.3. The molecule has 2 N–H and O–H groups in total. The number of amides is 2. The Balaban J connectivity index is 0.00000583. The highest BCUT2D eigenvalue weighted by Crippen LogP contribution is 2.45. The van der Waals surface area contributed by atoms with Crippen molar-refractivity contribution in [1.82, 2.24) is 10.6 Å². The number of nitrogens with one attached hydrogen (secondary N) is 2. The van der Waals surface area contributed by atoms with Gasteiger partial charge in [0.25, 0.3) is 5.91 Å². The van der Waals surface area contributed by atoms with Crippen LogP contribution >= 0.6 is 24.0 Å². The van der Waals surface area contributed by atoms with Crippen LogP contribution in [-0.2, 0) is 27.4 Å². The van der Waals surface area contributed by atoms with E-state index in [9.17, 15) is 14.0 Å². The van der Waals surface area contributed by atoms with E-state index in [-0.39, 0.29) is 36.7 Å². The highest BCUT2D eigenvalue weighted by molar-refractivity contribution is 6.30. The Morgan fingerprint density at radius 3 is 2.43 bits per heavy atom. The average molecular weight is 739 g/mol. The molecule has 11 heteroatoms. The van der Waals surface area contributed by atoms with Crippen LogP contribution in [0.5, 0.6) is 11.5 Å². The van der Waals surface area contributed by atoms with Crippen LogP contribution in [0.1, 0.15) is 62.0 Å². The number of para-hydroxylation sites is 1. The molecule has 0 aromatic heterocycles. The molecule has 272 valence electrons. The minimum Gasteiger partial charge on any atom is -0.492 e. The molecule has 0 spiro atoms. The van der Waals surface area contributed by atoms with Crippen molar-refractivity contribution in [3.63, 3.8) is 0 Å². The molecule has 1 heterocycles. The molecule has 2 amide bonds. The first-order valence-corrected chi connectivity index (χ1v) is 17.2.